The highest BCUT2D eigenvalue weighted by Crippen LogP contribution is 2.35. The molecule has 0 unspecified atom stereocenters. The predicted molar refractivity (Wildman–Crippen MR) is 122 cm³/mol. The van der Waals surface area contributed by atoms with E-state index in [1.165, 1.54) is 39.5 Å². The Balaban J connectivity index is 2.00. The first kappa shape index (κ1) is 23.0. The molecule has 3 aromatic rings. The van der Waals surface area contributed by atoms with Gasteiger partial charge in [0.2, 0.25) is 5.91 Å². The summed E-state index contributed by atoms with van der Waals surface area (Å²) in [6.45, 7) is -0.475. The molecular weight excluding hydrogens is 432 g/mol. The van der Waals surface area contributed by atoms with Crippen LogP contribution in [0.15, 0.2) is 77.7 Å². The number of ether oxygens (including phenoxy) is 3. The van der Waals surface area contributed by atoms with Gasteiger partial charge < -0.3 is 19.5 Å². The Morgan fingerprint density at radius 3 is 2.19 bits per heavy atom. The first-order valence-corrected chi connectivity index (χ1v) is 11.1. The van der Waals surface area contributed by atoms with E-state index in [1.807, 2.05) is 0 Å². The largest absolute Gasteiger partial charge is 0.497 e. The maximum absolute atomic E-state index is 13.5. The fourth-order valence-corrected chi connectivity index (χ4v) is 4.49. The minimum atomic E-state index is -4.08. The van der Waals surface area contributed by atoms with Crippen LogP contribution in [0.4, 0.5) is 11.4 Å². The van der Waals surface area contributed by atoms with E-state index in [2.05, 4.69) is 5.32 Å². The van der Waals surface area contributed by atoms with E-state index in [0.29, 0.717) is 17.2 Å². The minimum absolute atomic E-state index is 0.0482. The number of carbonyl (C=O) groups is 1. The Labute approximate surface area is 187 Å². The van der Waals surface area contributed by atoms with Crippen LogP contribution >= 0.6 is 0 Å². The second kappa shape index (κ2) is 10.1. The zero-order valence-corrected chi connectivity index (χ0v) is 18.8. The van der Waals surface area contributed by atoms with Crippen molar-refractivity contribution in [3.05, 3.63) is 72.8 Å². The van der Waals surface area contributed by atoms with Gasteiger partial charge in [-0.1, -0.05) is 24.3 Å². The van der Waals surface area contributed by atoms with Gasteiger partial charge in [0, 0.05) is 17.8 Å². The highest BCUT2D eigenvalue weighted by Gasteiger charge is 2.29. The van der Waals surface area contributed by atoms with E-state index in [9.17, 15) is 13.2 Å². The molecule has 3 aromatic carbocycles. The molecule has 0 aliphatic heterocycles. The van der Waals surface area contributed by atoms with E-state index in [4.69, 9.17) is 14.2 Å². The maximum Gasteiger partial charge on any atom is 0.264 e. The number of anilines is 2. The second-order valence-electron chi connectivity index (χ2n) is 6.64. The van der Waals surface area contributed by atoms with Gasteiger partial charge >= 0.3 is 0 Å². The number of nitrogens with zero attached hydrogens (tertiary/aromatic N) is 1. The van der Waals surface area contributed by atoms with E-state index in [-0.39, 0.29) is 16.3 Å². The van der Waals surface area contributed by atoms with Gasteiger partial charge in [-0.25, -0.2) is 8.42 Å². The fourth-order valence-electron chi connectivity index (χ4n) is 3.04. The molecular formula is C23H24N2O6S. The normalized spacial score (nSPS) is 10.8. The lowest BCUT2D eigenvalue weighted by atomic mass is 10.2. The molecule has 0 saturated heterocycles. The Kier molecular flexibility index (Phi) is 7.21. The number of hydrogen-bond acceptors (Lipinski definition) is 6. The van der Waals surface area contributed by atoms with Crippen molar-refractivity contribution in [3.63, 3.8) is 0 Å². The summed E-state index contributed by atoms with van der Waals surface area (Å²) in [6, 6.07) is 19.4. The molecule has 168 valence electrons. The lowest BCUT2D eigenvalue weighted by Gasteiger charge is -2.26. The molecule has 9 heteroatoms. The van der Waals surface area contributed by atoms with E-state index in [1.54, 1.807) is 54.6 Å². The number of rotatable bonds is 9. The van der Waals surface area contributed by atoms with Gasteiger partial charge in [-0.3, -0.25) is 9.10 Å². The van der Waals surface area contributed by atoms with E-state index < -0.39 is 22.5 Å². The SMILES string of the molecule is COc1cccc(NC(=O)CN(c2ccc(OC)cc2OC)S(=O)(=O)c2ccccc2)c1. The van der Waals surface area contributed by atoms with Crippen LogP contribution in [0.5, 0.6) is 17.2 Å². The van der Waals surface area contributed by atoms with Crippen LogP contribution in [0.1, 0.15) is 0 Å². The summed E-state index contributed by atoms with van der Waals surface area (Å²) in [5.74, 6) is 0.769. The molecule has 0 heterocycles. The van der Waals surface area contributed by atoms with Crippen LogP contribution in [0, 0.1) is 0 Å². The third kappa shape index (κ3) is 5.12. The fraction of sp³-hybridized carbons (Fsp3) is 0.174. The minimum Gasteiger partial charge on any atom is -0.497 e. The Hall–Kier alpha value is -3.72. The van der Waals surface area contributed by atoms with Crippen molar-refractivity contribution >= 4 is 27.3 Å². The molecule has 0 radical (unpaired) electrons. The van der Waals surface area contributed by atoms with Crippen molar-refractivity contribution in [1.82, 2.24) is 0 Å². The van der Waals surface area contributed by atoms with Crippen molar-refractivity contribution in [1.29, 1.82) is 0 Å². The van der Waals surface area contributed by atoms with Gasteiger partial charge in [0.05, 0.1) is 31.9 Å². The van der Waals surface area contributed by atoms with Gasteiger partial charge in [0.25, 0.3) is 10.0 Å². The van der Waals surface area contributed by atoms with Crippen LogP contribution < -0.4 is 23.8 Å². The van der Waals surface area contributed by atoms with Crippen molar-refractivity contribution < 1.29 is 27.4 Å². The Morgan fingerprint density at radius 2 is 1.53 bits per heavy atom. The predicted octanol–water partition coefficient (Wildman–Crippen LogP) is 3.55. The van der Waals surface area contributed by atoms with Crippen LogP contribution in [0.2, 0.25) is 0 Å². The van der Waals surface area contributed by atoms with Crippen molar-refractivity contribution in [3.8, 4) is 17.2 Å². The van der Waals surface area contributed by atoms with Crippen molar-refractivity contribution in [2.45, 2.75) is 4.90 Å². The molecule has 32 heavy (non-hydrogen) atoms. The topological polar surface area (TPSA) is 94.2 Å². The summed E-state index contributed by atoms with van der Waals surface area (Å²) < 4.78 is 43.7. The second-order valence-corrected chi connectivity index (χ2v) is 8.50. The molecule has 0 saturated carbocycles. The van der Waals surface area contributed by atoms with Gasteiger partial charge in [0.1, 0.15) is 23.8 Å². The lowest BCUT2D eigenvalue weighted by molar-refractivity contribution is -0.114. The van der Waals surface area contributed by atoms with Crippen molar-refractivity contribution in [2.75, 3.05) is 37.5 Å². The highest BCUT2D eigenvalue weighted by molar-refractivity contribution is 7.92. The molecule has 8 nitrogen and oxygen atoms in total. The molecule has 0 aliphatic rings. The molecule has 3 rings (SSSR count). The standard InChI is InChI=1S/C23H24N2O6S/c1-29-18-9-7-8-17(14-18)24-23(26)16-25(32(27,28)20-10-5-4-6-11-20)21-13-12-19(30-2)15-22(21)31-3/h4-15H,16H2,1-3H3,(H,24,26). The summed E-state index contributed by atoms with van der Waals surface area (Å²) in [6.07, 6.45) is 0. The van der Waals surface area contributed by atoms with Crippen LogP contribution in [-0.2, 0) is 14.8 Å². The quantitative estimate of drug-likeness (QED) is 0.529. The number of methoxy groups -OCH3 is 3. The summed E-state index contributed by atoms with van der Waals surface area (Å²) in [5, 5.41) is 2.71. The maximum atomic E-state index is 13.5. The number of hydrogen-bond donors (Lipinski definition) is 1. The number of amides is 1. The molecule has 0 fully saturated rings. The first-order valence-electron chi connectivity index (χ1n) is 9.62. The monoisotopic (exact) mass is 456 g/mol. The summed E-state index contributed by atoms with van der Waals surface area (Å²) in [7, 11) is 0.353. The molecule has 1 N–H and O–H groups in total. The molecule has 0 atom stereocenters. The van der Waals surface area contributed by atoms with E-state index >= 15 is 0 Å². The third-order valence-corrected chi connectivity index (χ3v) is 6.40. The van der Waals surface area contributed by atoms with Gasteiger partial charge in [-0.15, -0.1) is 0 Å². The van der Waals surface area contributed by atoms with Gasteiger partial charge in [-0.2, -0.15) is 0 Å². The van der Waals surface area contributed by atoms with Crippen LogP contribution in [0.3, 0.4) is 0 Å². The zero-order chi connectivity index (χ0) is 23.1. The molecule has 0 aliphatic carbocycles. The van der Waals surface area contributed by atoms with Gasteiger partial charge in [0.15, 0.2) is 0 Å². The first-order chi connectivity index (χ1) is 15.4. The van der Waals surface area contributed by atoms with Crippen LogP contribution in [0.25, 0.3) is 0 Å². The summed E-state index contributed by atoms with van der Waals surface area (Å²) in [4.78, 5) is 12.9. The smallest absolute Gasteiger partial charge is 0.264 e. The third-order valence-electron chi connectivity index (χ3n) is 4.63. The number of benzene rings is 3. The highest BCUT2D eigenvalue weighted by atomic mass is 32.2. The summed E-state index contributed by atoms with van der Waals surface area (Å²) >= 11 is 0. The Bertz CT molecular complexity index is 1180. The average Bonchev–Trinajstić information content (AvgIpc) is 2.82. The van der Waals surface area contributed by atoms with Crippen molar-refractivity contribution in [2.24, 2.45) is 0 Å². The number of nitrogens with one attached hydrogen (secondary N) is 1. The van der Waals surface area contributed by atoms with E-state index in [0.717, 1.165) is 4.31 Å². The number of carbonyl (C=O) groups excluding carboxylic acids is 1. The summed E-state index contributed by atoms with van der Waals surface area (Å²) in [5.41, 5.74) is 0.686. The zero-order valence-electron chi connectivity index (χ0n) is 17.9. The lowest BCUT2D eigenvalue weighted by Crippen LogP contribution is -2.38. The molecule has 0 spiro atoms. The average molecular weight is 457 g/mol. The van der Waals surface area contributed by atoms with Gasteiger partial charge in [-0.05, 0) is 36.4 Å². The molecule has 0 bridgehead atoms. The Morgan fingerprint density at radius 1 is 0.844 bits per heavy atom. The van der Waals surface area contributed by atoms with Crippen LogP contribution in [-0.4, -0.2) is 42.2 Å². The molecule has 1 amide bonds. The number of sulfonamides is 1. The molecule has 0 aromatic heterocycles.